The van der Waals surface area contributed by atoms with Gasteiger partial charge in [0.25, 0.3) is 5.91 Å². The number of carbonyl (C=O) groups excluding carboxylic acids is 2. The van der Waals surface area contributed by atoms with Crippen molar-refractivity contribution in [3.63, 3.8) is 0 Å². The van der Waals surface area contributed by atoms with E-state index in [-0.39, 0.29) is 17.6 Å². The van der Waals surface area contributed by atoms with Crippen molar-refractivity contribution in [3.8, 4) is 0 Å². The summed E-state index contributed by atoms with van der Waals surface area (Å²) in [6, 6.07) is 7.92. The van der Waals surface area contributed by atoms with Gasteiger partial charge in [0.1, 0.15) is 12.1 Å². The van der Waals surface area contributed by atoms with E-state index in [4.69, 9.17) is 4.42 Å². The van der Waals surface area contributed by atoms with Crippen LogP contribution < -0.4 is 5.32 Å². The summed E-state index contributed by atoms with van der Waals surface area (Å²) >= 11 is 0. The van der Waals surface area contributed by atoms with Crippen molar-refractivity contribution in [3.05, 3.63) is 59.8 Å². The van der Waals surface area contributed by atoms with Gasteiger partial charge in [-0.25, -0.2) is 4.39 Å². The van der Waals surface area contributed by atoms with Crippen LogP contribution in [0.25, 0.3) is 0 Å². The SMILES string of the molecule is O=C(c1ccoc1)N1CCC(CNC(=O)C2(c3ccc(F)cc3)CC2)CC1. The molecule has 2 heterocycles. The molecule has 1 aliphatic heterocycles. The van der Waals surface area contributed by atoms with Gasteiger partial charge in [-0.3, -0.25) is 9.59 Å². The second kappa shape index (κ2) is 7.18. The fourth-order valence-corrected chi connectivity index (χ4v) is 3.86. The number of benzene rings is 1. The van der Waals surface area contributed by atoms with Crippen molar-refractivity contribution in [1.82, 2.24) is 10.2 Å². The van der Waals surface area contributed by atoms with Crippen molar-refractivity contribution >= 4 is 11.8 Å². The zero-order valence-corrected chi connectivity index (χ0v) is 15.1. The third-order valence-electron chi connectivity index (χ3n) is 5.80. The predicted octanol–water partition coefficient (Wildman–Crippen LogP) is 3.12. The van der Waals surface area contributed by atoms with E-state index in [2.05, 4.69) is 5.32 Å². The number of hydrogen-bond acceptors (Lipinski definition) is 3. The Balaban J connectivity index is 1.27. The molecule has 2 aliphatic rings. The molecule has 0 spiro atoms. The Kier molecular flexibility index (Phi) is 4.72. The average Bonchev–Trinajstić information content (AvgIpc) is 3.32. The lowest BCUT2D eigenvalue weighted by molar-refractivity contribution is -0.123. The standard InChI is InChI=1S/C21H23FN2O3/c22-18-3-1-17(2-4-18)21(8-9-21)20(26)23-13-15-5-10-24(11-6-15)19(25)16-7-12-27-14-16/h1-4,7,12,14-15H,5-6,8-11,13H2,(H,23,26). The molecule has 0 bridgehead atoms. The zero-order valence-electron chi connectivity index (χ0n) is 15.1. The van der Waals surface area contributed by atoms with Gasteiger partial charge in [-0.05, 0) is 55.4 Å². The predicted molar refractivity (Wildman–Crippen MR) is 97.7 cm³/mol. The molecular formula is C21H23FN2O3. The minimum absolute atomic E-state index is 0.000483. The topological polar surface area (TPSA) is 62.6 Å². The zero-order chi connectivity index (χ0) is 18.9. The first-order valence-corrected chi connectivity index (χ1v) is 9.44. The van der Waals surface area contributed by atoms with Gasteiger partial charge >= 0.3 is 0 Å². The van der Waals surface area contributed by atoms with E-state index in [0.717, 1.165) is 31.2 Å². The van der Waals surface area contributed by atoms with E-state index in [0.29, 0.717) is 31.1 Å². The molecule has 1 saturated carbocycles. The normalized spacial score (nSPS) is 18.9. The van der Waals surface area contributed by atoms with Gasteiger partial charge in [-0.15, -0.1) is 0 Å². The van der Waals surface area contributed by atoms with Crippen LogP contribution in [0.4, 0.5) is 4.39 Å². The Labute approximate surface area is 157 Å². The summed E-state index contributed by atoms with van der Waals surface area (Å²) in [5.74, 6) is 0.114. The summed E-state index contributed by atoms with van der Waals surface area (Å²) < 4.78 is 18.1. The van der Waals surface area contributed by atoms with Crippen LogP contribution in [0.2, 0.25) is 0 Å². The third-order valence-corrected chi connectivity index (χ3v) is 5.80. The first-order chi connectivity index (χ1) is 13.1. The molecule has 2 fully saturated rings. The van der Waals surface area contributed by atoms with Crippen LogP contribution in [0.5, 0.6) is 0 Å². The summed E-state index contributed by atoms with van der Waals surface area (Å²) in [6.07, 6.45) is 6.33. The summed E-state index contributed by atoms with van der Waals surface area (Å²) in [6.45, 7) is 2.00. The minimum Gasteiger partial charge on any atom is -0.472 e. The largest absolute Gasteiger partial charge is 0.472 e. The van der Waals surface area contributed by atoms with Gasteiger partial charge in [-0.2, -0.15) is 0 Å². The van der Waals surface area contributed by atoms with E-state index in [9.17, 15) is 14.0 Å². The average molecular weight is 370 g/mol. The second-order valence-corrected chi connectivity index (χ2v) is 7.55. The highest BCUT2D eigenvalue weighted by Gasteiger charge is 2.51. The highest BCUT2D eigenvalue weighted by atomic mass is 19.1. The monoisotopic (exact) mass is 370 g/mol. The van der Waals surface area contributed by atoms with Gasteiger partial charge in [0.05, 0.1) is 17.2 Å². The van der Waals surface area contributed by atoms with E-state index in [1.807, 2.05) is 4.90 Å². The van der Waals surface area contributed by atoms with Crippen molar-refractivity contribution in [2.75, 3.05) is 19.6 Å². The quantitative estimate of drug-likeness (QED) is 0.880. The van der Waals surface area contributed by atoms with Crippen LogP contribution in [0.1, 0.15) is 41.6 Å². The third kappa shape index (κ3) is 3.61. The number of likely N-dealkylation sites (tertiary alicyclic amines) is 1. The number of halogens is 1. The molecule has 27 heavy (non-hydrogen) atoms. The molecule has 1 aliphatic carbocycles. The second-order valence-electron chi connectivity index (χ2n) is 7.55. The molecular weight excluding hydrogens is 347 g/mol. The Morgan fingerprint density at radius 2 is 1.85 bits per heavy atom. The molecule has 2 aromatic rings. The fraction of sp³-hybridized carbons (Fsp3) is 0.429. The molecule has 0 radical (unpaired) electrons. The lowest BCUT2D eigenvalue weighted by atomic mass is 9.93. The molecule has 0 unspecified atom stereocenters. The van der Waals surface area contributed by atoms with Crippen LogP contribution in [0.3, 0.4) is 0 Å². The van der Waals surface area contributed by atoms with Crippen LogP contribution in [0, 0.1) is 11.7 Å². The Morgan fingerprint density at radius 3 is 2.44 bits per heavy atom. The van der Waals surface area contributed by atoms with Crippen molar-refractivity contribution < 1.29 is 18.4 Å². The fourth-order valence-electron chi connectivity index (χ4n) is 3.86. The molecule has 142 valence electrons. The minimum atomic E-state index is -0.481. The smallest absolute Gasteiger partial charge is 0.257 e. The van der Waals surface area contributed by atoms with E-state index < -0.39 is 5.41 Å². The van der Waals surface area contributed by atoms with Gasteiger partial charge < -0.3 is 14.6 Å². The van der Waals surface area contributed by atoms with Crippen LogP contribution in [-0.4, -0.2) is 36.3 Å². The van der Waals surface area contributed by atoms with Crippen molar-refractivity contribution in [2.24, 2.45) is 5.92 Å². The maximum Gasteiger partial charge on any atom is 0.257 e. The molecule has 1 N–H and O–H groups in total. The summed E-state index contributed by atoms with van der Waals surface area (Å²) in [5, 5.41) is 3.09. The first-order valence-electron chi connectivity index (χ1n) is 9.44. The number of piperidine rings is 1. The van der Waals surface area contributed by atoms with E-state index in [1.165, 1.54) is 24.7 Å². The molecule has 6 heteroatoms. The lowest BCUT2D eigenvalue weighted by Gasteiger charge is -2.32. The molecule has 5 nitrogen and oxygen atoms in total. The number of furan rings is 1. The highest BCUT2D eigenvalue weighted by Crippen LogP contribution is 2.48. The maximum atomic E-state index is 13.1. The summed E-state index contributed by atoms with van der Waals surface area (Å²) in [5.41, 5.74) is 0.990. The molecule has 1 saturated heterocycles. The highest BCUT2D eigenvalue weighted by molar-refractivity contribution is 5.94. The molecule has 1 aromatic heterocycles. The number of carbonyl (C=O) groups is 2. The Hall–Kier alpha value is -2.63. The first kappa shape index (κ1) is 17.8. The number of hydrogen-bond donors (Lipinski definition) is 1. The summed E-state index contributed by atoms with van der Waals surface area (Å²) in [7, 11) is 0. The number of nitrogens with one attached hydrogen (secondary N) is 1. The number of nitrogens with zero attached hydrogens (tertiary/aromatic N) is 1. The van der Waals surface area contributed by atoms with E-state index >= 15 is 0 Å². The summed E-state index contributed by atoms with van der Waals surface area (Å²) in [4.78, 5) is 26.9. The molecule has 2 amide bonds. The number of amides is 2. The lowest BCUT2D eigenvalue weighted by Crippen LogP contribution is -2.43. The molecule has 1 aromatic carbocycles. The van der Waals surface area contributed by atoms with Crippen LogP contribution in [0.15, 0.2) is 47.3 Å². The van der Waals surface area contributed by atoms with Crippen molar-refractivity contribution in [2.45, 2.75) is 31.1 Å². The number of rotatable bonds is 5. The Morgan fingerprint density at radius 1 is 1.15 bits per heavy atom. The van der Waals surface area contributed by atoms with E-state index in [1.54, 1.807) is 18.2 Å². The van der Waals surface area contributed by atoms with Gasteiger partial charge in [0, 0.05) is 19.6 Å². The van der Waals surface area contributed by atoms with Crippen LogP contribution >= 0.6 is 0 Å². The van der Waals surface area contributed by atoms with Gasteiger partial charge in [-0.1, -0.05) is 12.1 Å². The molecule has 4 rings (SSSR count). The molecule has 0 atom stereocenters. The van der Waals surface area contributed by atoms with Gasteiger partial charge in [0.15, 0.2) is 0 Å². The van der Waals surface area contributed by atoms with Crippen LogP contribution in [-0.2, 0) is 10.2 Å². The Bertz CT molecular complexity index is 804. The van der Waals surface area contributed by atoms with Gasteiger partial charge in [0.2, 0.25) is 5.91 Å². The maximum absolute atomic E-state index is 13.1. The van der Waals surface area contributed by atoms with Crippen molar-refractivity contribution in [1.29, 1.82) is 0 Å².